The molecule has 0 saturated heterocycles. The number of aliphatic hydroxyl groups is 2. The molecule has 0 amide bonds. The lowest BCUT2D eigenvalue weighted by Gasteiger charge is -2.09. The van der Waals surface area contributed by atoms with Gasteiger partial charge in [0.25, 0.3) is 0 Å². The van der Waals surface area contributed by atoms with Crippen LogP contribution in [-0.2, 0) is 6.42 Å². The highest BCUT2D eigenvalue weighted by Gasteiger charge is 2.07. The fourth-order valence-corrected chi connectivity index (χ4v) is 1.20. The molecule has 0 aliphatic heterocycles. The molecule has 13 heavy (non-hydrogen) atoms. The maximum absolute atomic E-state index is 9.35. The quantitative estimate of drug-likeness (QED) is 0.653. The van der Waals surface area contributed by atoms with Crippen LogP contribution in [0.2, 0.25) is 0 Å². The van der Waals surface area contributed by atoms with Gasteiger partial charge in [-0.25, -0.2) is 0 Å². The van der Waals surface area contributed by atoms with E-state index in [1.54, 1.807) is 12.1 Å². The summed E-state index contributed by atoms with van der Waals surface area (Å²) in [6.45, 7) is 1.62. The van der Waals surface area contributed by atoms with Gasteiger partial charge in [-0.15, -0.1) is 0 Å². The first-order chi connectivity index (χ1) is 6.19. The molecule has 72 valence electrons. The third-order valence-electron chi connectivity index (χ3n) is 2.04. The Kier molecular flexibility index (Phi) is 3.28. The lowest BCUT2D eigenvalue weighted by atomic mass is 10.0. The minimum atomic E-state index is -0.856. The molecule has 3 heteroatoms. The summed E-state index contributed by atoms with van der Waals surface area (Å²) in [5.74, 6) is 0.233. The van der Waals surface area contributed by atoms with Crippen molar-refractivity contribution >= 4 is 0 Å². The van der Waals surface area contributed by atoms with Crippen LogP contribution < -0.4 is 0 Å². The van der Waals surface area contributed by atoms with E-state index < -0.39 is 6.10 Å². The number of benzene rings is 1. The van der Waals surface area contributed by atoms with E-state index >= 15 is 0 Å². The number of phenolic OH excluding ortho intramolecular Hbond substituents is 1. The van der Waals surface area contributed by atoms with Crippen LogP contribution in [0.4, 0.5) is 0 Å². The lowest BCUT2D eigenvalue weighted by Crippen LogP contribution is -2.02. The monoisotopic (exact) mass is 182 g/mol. The molecule has 1 rings (SSSR count). The maximum Gasteiger partial charge on any atom is 0.118 e. The van der Waals surface area contributed by atoms with E-state index in [-0.39, 0.29) is 12.4 Å². The van der Waals surface area contributed by atoms with Crippen molar-refractivity contribution in [2.24, 2.45) is 0 Å². The van der Waals surface area contributed by atoms with Gasteiger partial charge in [0.05, 0.1) is 6.61 Å². The van der Waals surface area contributed by atoms with Crippen molar-refractivity contribution in [2.45, 2.75) is 19.4 Å². The topological polar surface area (TPSA) is 60.7 Å². The molecular weight excluding hydrogens is 168 g/mol. The largest absolute Gasteiger partial charge is 0.508 e. The van der Waals surface area contributed by atoms with Crippen molar-refractivity contribution in [3.8, 4) is 5.75 Å². The summed E-state index contributed by atoms with van der Waals surface area (Å²) in [4.78, 5) is 0. The van der Waals surface area contributed by atoms with Crippen molar-refractivity contribution in [1.29, 1.82) is 0 Å². The molecule has 3 N–H and O–H groups in total. The van der Waals surface area contributed by atoms with Gasteiger partial charge in [-0.3, -0.25) is 0 Å². The minimum absolute atomic E-state index is 0.233. The third-order valence-corrected chi connectivity index (χ3v) is 2.04. The van der Waals surface area contributed by atoms with Gasteiger partial charge in [0.2, 0.25) is 0 Å². The van der Waals surface area contributed by atoms with Crippen LogP contribution in [0.5, 0.6) is 5.75 Å². The molecule has 0 radical (unpaired) electrons. The number of aryl methyl sites for hydroxylation is 1. The molecule has 0 aliphatic rings. The predicted molar refractivity (Wildman–Crippen MR) is 49.5 cm³/mol. The van der Waals surface area contributed by atoms with E-state index in [4.69, 9.17) is 5.11 Å². The zero-order valence-corrected chi connectivity index (χ0v) is 7.57. The predicted octanol–water partition coefficient (Wildman–Crippen LogP) is 0.980. The van der Waals surface area contributed by atoms with Crippen LogP contribution in [-0.4, -0.2) is 21.9 Å². The number of aliphatic hydroxyl groups excluding tert-OH is 2. The van der Waals surface area contributed by atoms with Gasteiger partial charge in [0, 0.05) is 0 Å². The summed E-state index contributed by atoms with van der Waals surface area (Å²) in [6, 6.07) is 4.85. The first kappa shape index (κ1) is 10.0. The molecule has 0 fully saturated rings. The van der Waals surface area contributed by atoms with E-state index in [0.29, 0.717) is 12.0 Å². The van der Waals surface area contributed by atoms with Crippen LogP contribution in [0.1, 0.15) is 24.2 Å². The van der Waals surface area contributed by atoms with Gasteiger partial charge in [-0.05, 0) is 29.7 Å². The molecule has 3 nitrogen and oxygen atoms in total. The van der Waals surface area contributed by atoms with Gasteiger partial charge in [-0.1, -0.05) is 13.0 Å². The Labute approximate surface area is 77.3 Å². The number of hydrogen-bond donors (Lipinski definition) is 3. The Bertz CT molecular complexity index is 283. The second kappa shape index (κ2) is 4.25. The van der Waals surface area contributed by atoms with E-state index in [1.165, 1.54) is 6.07 Å². The van der Waals surface area contributed by atoms with Gasteiger partial charge in [-0.2, -0.15) is 0 Å². The normalized spacial score (nSPS) is 12.8. The molecule has 1 aromatic rings. The van der Waals surface area contributed by atoms with Crippen LogP contribution in [0, 0.1) is 0 Å². The molecule has 1 atom stereocenters. The number of aromatic hydroxyl groups is 1. The van der Waals surface area contributed by atoms with Gasteiger partial charge >= 0.3 is 0 Å². The number of phenols is 1. The second-order valence-electron chi connectivity index (χ2n) is 2.94. The fraction of sp³-hybridized carbons (Fsp3) is 0.400. The Morgan fingerprint density at radius 1 is 1.38 bits per heavy atom. The Hall–Kier alpha value is -1.06. The molecule has 0 spiro atoms. The summed E-state index contributed by atoms with van der Waals surface area (Å²) in [6.07, 6.45) is -0.149. The van der Waals surface area contributed by atoms with Gasteiger partial charge < -0.3 is 15.3 Å². The molecule has 1 unspecified atom stereocenters. The Balaban J connectivity index is 2.99. The van der Waals surface area contributed by atoms with Crippen LogP contribution in [0.15, 0.2) is 18.2 Å². The standard InChI is InChI=1S/C10H14O3/c1-2-7-5-8(10(13)6-11)3-4-9(7)12/h3-5,10-13H,2,6H2,1H3. The van der Waals surface area contributed by atoms with E-state index in [1.807, 2.05) is 6.92 Å². The van der Waals surface area contributed by atoms with Crippen molar-refractivity contribution in [3.05, 3.63) is 29.3 Å². The minimum Gasteiger partial charge on any atom is -0.508 e. The van der Waals surface area contributed by atoms with Gasteiger partial charge in [0.1, 0.15) is 11.9 Å². The highest BCUT2D eigenvalue weighted by molar-refractivity contribution is 5.36. The molecular formula is C10H14O3. The Morgan fingerprint density at radius 2 is 2.08 bits per heavy atom. The SMILES string of the molecule is CCc1cc(C(O)CO)ccc1O. The van der Waals surface area contributed by atoms with Crippen molar-refractivity contribution in [3.63, 3.8) is 0 Å². The second-order valence-corrected chi connectivity index (χ2v) is 2.94. The molecule has 0 aromatic heterocycles. The van der Waals surface area contributed by atoms with Crippen LogP contribution >= 0.6 is 0 Å². The molecule has 0 saturated carbocycles. The third kappa shape index (κ3) is 2.20. The van der Waals surface area contributed by atoms with Gasteiger partial charge in [0.15, 0.2) is 0 Å². The highest BCUT2D eigenvalue weighted by atomic mass is 16.3. The van der Waals surface area contributed by atoms with Crippen molar-refractivity contribution < 1.29 is 15.3 Å². The Morgan fingerprint density at radius 3 is 2.62 bits per heavy atom. The molecule has 0 heterocycles. The summed E-state index contributed by atoms with van der Waals surface area (Å²) in [7, 11) is 0. The number of rotatable bonds is 3. The van der Waals surface area contributed by atoms with E-state index in [2.05, 4.69) is 0 Å². The molecule has 0 aliphatic carbocycles. The average molecular weight is 182 g/mol. The summed E-state index contributed by atoms with van der Waals surface area (Å²) < 4.78 is 0. The molecule has 0 bridgehead atoms. The smallest absolute Gasteiger partial charge is 0.118 e. The average Bonchev–Trinajstić information content (AvgIpc) is 2.17. The lowest BCUT2D eigenvalue weighted by molar-refractivity contribution is 0.0955. The first-order valence-corrected chi connectivity index (χ1v) is 4.29. The van der Waals surface area contributed by atoms with E-state index in [0.717, 1.165) is 5.56 Å². The van der Waals surface area contributed by atoms with E-state index in [9.17, 15) is 10.2 Å². The first-order valence-electron chi connectivity index (χ1n) is 4.29. The zero-order chi connectivity index (χ0) is 9.84. The maximum atomic E-state index is 9.35. The fourth-order valence-electron chi connectivity index (χ4n) is 1.20. The number of hydrogen-bond acceptors (Lipinski definition) is 3. The molecule has 1 aromatic carbocycles. The van der Waals surface area contributed by atoms with Crippen LogP contribution in [0.3, 0.4) is 0 Å². The van der Waals surface area contributed by atoms with Crippen molar-refractivity contribution in [2.75, 3.05) is 6.61 Å². The summed E-state index contributed by atoms with van der Waals surface area (Å²) in [5, 5.41) is 27.4. The summed E-state index contributed by atoms with van der Waals surface area (Å²) >= 11 is 0. The highest BCUT2D eigenvalue weighted by Crippen LogP contribution is 2.22. The summed E-state index contributed by atoms with van der Waals surface area (Å²) in [5.41, 5.74) is 1.42. The zero-order valence-electron chi connectivity index (χ0n) is 7.57. The van der Waals surface area contributed by atoms with Crippen molar-refractivity contribution in [1.82, 2.24) is 0 Å². The van der Waals surface area contributed by atoms with Crippen LogP contribution in [0.25, 0.3) is 0 Å².